The fourth-order valence-corrected chi connectivity index (χ4v) is 3.71. The molecule has 8 heteroatoms. The highest BCUT2D eigenvalue weighted by Gasteiger charge is 2.19. The van der Waals surface area contributed by atoms with Gasteiger partial charge in [-0.25, -0.2) is 4.79 Å². The summed E-state index contributed by atoms with van der Waals surface area (Å²) in [6.07, 6.45) is 4.35. The van der Waals surface area contributed by atoms with Crippen LogP contribution in [0.5, 0.6) is 0 Å². The van der Waals surface area contributed by atoms with E-state index in [4.69, 9.17) is 0 Å². The van der Waals surface area contributed by atoms with Gasteiger partial charge in [-0.05, 0) is 6.42 Å². The lowest BCUT2D eigenvalue weighted by Gasteiger charge is -2.18. The largest absolute Gasteiger partial charge is 0.330 e. The van der Waals surface area contributed by atoms with Gasteiger partial charge in [0.1, 0.15) is 0 Å². The van der Waals surface area contributed by atoms with Crippen molar-refractivity contribution in [3.63, 3.8) is 0 Å². The third kappa shape index (κ3) is 4.82. The van der Waals surface area contributed by atoms with Crippen LogP contribution in [0.4, 0.5) is 9.93 Å². The normalized spacial score (nSPS) is 12.2. The number of carbonyl (C=O) groups is 1. The zero-order chi connectivity index (χ0) is 15.1. The molecule has 1 atom stereocenters. The molecule has 1 aromatic rings. The van der Waals surface area contributed by atoms with Crippen LogP contribution in [-0.4, -0.2) is 52.2 Å². The Morgan fingerprint density at radius 1 is 1.20 bits per heavy atom. The van der Waals surface area contributed by atoms with Crippen molar-refractivity contribution in [1.29, 1.82) is 0 Å². The lowest BCUT2D eigenvalue weighted by molar-refractivity contribution is 0.225. The molecule has 0 saturated heterocycles. The van der Waals surface area contributed by atoms with Gasteiger partial charge >= 0.3 is 6.03 Å². The standard InChI is InChI=1S/C12H22N4O2S2/c1-5-6-7-8-9-20(18)11-14-13-10(19-11)16(4)12(17)15(2)3/h5-9H2,1-4H3. The molecule has 114 valence electrons. The van der Waals surface area contributed by atoms with E-state index in [-0.39, 0.29) is 6.03 Å². The number of rotatable bonds is 7. The first-order chi connectivity index (χ1) is 9.47. The summed E-state index contributed by atoms with van der Waals surface area (Å²) in [7, 11) is 3.87. The lowest BCUT2D eigenvalue weighted by Crippen LogP contribution is -2.36. The van der Waals surface area contributed by atoms with Gasteiger partial charge in [0.15, 0.2) is 0 Å². The smallest absolute Gasteiger partial charge is 0.325 e. The molecule has 0 aliphatic heterocycles. The van der Waals surface area contributed by atoms with Crippen molar-refractivity contribution in [3.05, 3.63) is 0 Å². The third-order valence-electron chi connectivity index (χ3n) is 2.73. The molecule has 20 heavy (non-hydrogen) atoms. The zero-order valence-electron chi connectivity index (χ0n) is 12.5. The van der Waals surface area contributed by atoms with Crippen LogP contribution in [0.15, 0.2) is 4.34 Å². The average molecular weight is 318 g/mol. The van der Waals surface area contributed by atoms with Crippen molar-refractivity contribution in [2.24, 2.45) is 0 Å². The monoisotopic (exact) mass is 318 g/mol. The summed E-state index contributed by atoms with van der Waals surface area (Å²) >= 11 is 1.21. The van der Waals surface area contributed by atoms with E-state index < -0.39 is 10.8 Å². The fraction of sp³-hybridized carbons (Fsp3) is 0.750. The predicted molar refractivity (Wildman–Crippen MR) is 82.8 cm³/mol. The minimum atomic E-state index is -1.11. The average Bonchev–Trinajstić information content (AvgIpc) is 2.91. The van der Waals surface area contributed by atoms with E-state index in [0.717, 1.165) is 19.3 Å². The summed E-state index contributed by atoms with van der Waals surface area (Å²) in [6.45, 7) is 2.14. The van der Waals surface area contributed by atoms with Gasteiger partial charge in [0.05, 0.1) is 10.8 Å². The van der Waals surface area contributed by atoms with Gasteiger partial charge in [0, 0.05) is 26.9 Å². The van der Waals surface area contributed by atoms with E-state index in [0.29, 0.717) is 15.2 Å². The Balaban J connectivity index is 2.58. The summed E-state index contributed by atoms with van der Waals surface area (Å²) in [6, 6.07) is -0.179. The predicted octanol–water partition coefficient (Wildman–Crippen LogP) is 2.34. The number of nitrogens with zero attached hydrogens (tertiary/aromatic N) is 4. The maximum Gasteiger partial charge on any atom is 0.325 e. The first-order valence-electron chi connectivity index (χ1n) is 6.64. The molecular formula is C12H22N4O2S2. The molecule has 0 aromatic carbocycles. The Bertz CT molecular complexity index is 462. The Labute approximate surface area is 126 Å². The third-order valence-corrected chi connectivity index (χ3v) is 5.46. The number of amides is 2. The van der Waals surface area contributed by atoms with E-state index in [2.05, 4.69) is 17.1 Å². The molecule has 0 radical (unpaired) electrons. The minimum Gasteiger partial charge on any atom is -0.330 e. The second-order valence-electron chi connectivity index (χ2n) is 4.70. The van der Waals surface area contributed by atoms with Crippen molar-refractivity contribution in [2.75, 3.05) is 31.8 Å². The second kappa shape index (κ2) is 8.31. The summed E-state index contributed by atoms with van der Waals surface area (Å²) in [5.41, 5.74) is 0. The highest BCUT2D eigenvalue weighted by Crippen LogP contribution is 2.22. The molecule has 0 aliphatic rings. The quantitative estimate of drug-likeness (QED) is 0.572. The summed E-state index contributed by atoms with van der Waals surface area (Å²) in [4.78, 5) is 14.7. The molecule has 6 nitrogen and oxygen atoms in total. The van der Waals surface area contributed by atoms with Gasteiger partial charge in [-0.3, -0.25) is 9.11 Å². The number of carbonyl (C=O) groups excluding carboxylic acids is 1. The van der Waals surface area contributed by atoms with Crippen LogP contribution in [0.2, 0.25) is 0 Å². The van der Waals surface area contributed by atoms with Crippen LogP contribution >= 0.6 is 11.3 Å². The molecule has 0 N–H and O–H groups in total. The molecule has 1 heterocycles. The number of hydrogen-bond donors (Lipinski definition) is 0. The van der Waals surface area contributed by atoms with Gasteiger partial charge in [0.2, 0.25) is 9.47 Å². The number of aromatic nitrogens is 2. The van der Waals surface area contributed by atoms with Crippen molar-refractivity contribution >= 4 is 33.3 Å². The molecule has 0 aliphatic carbocycles. The Morgan fingerprint density at radius 2 is 1.90 bits per heavy atom. The maximum absolute atomic E-state index is 12.1. The van der Waals surface area contributed by atoms with Gasteiger partial charge in [-0.1, -0.05) is 37.5 Å². The van der Waals surface area contributed by atoms with Gasteiger partial charge in [-0.15, -0.1) is 10.2 Å². The highest BCUT2D eigenvalue weighted by molar-refractivity contribution is 7.87. The van der Waals surface area contributed by atoms with E-state index in [9.17, 15) is 9.00 Å². The lowest BCUT2D eigenvalue weighted by atomic mass is 10.2. The molecule has 1 rings (SSSR count). The SMILES string of the molecule is CCCCCCS(=O)c1nnc(N(C)C(=O)N(C)C)s1. The van der Waals surface area contributed by atoms with Crippen LogP contribution in [0.1, 0.15) is 32.6 Å². The summed E-state index contributed by atoms with van der Waals surface area (Å²) in [5, 5.41) is 8.35. The molecule has 0 saturated carbocycles. The second-order valence-corrected chi connectivity index (χ2v) is 7.40. The Hall–Kier alpha value is -1.02. The summed E-state index contributed by atoms with van der Waals surface area (Å²) < 4.78 is 12.5. The van der Waals surface area contributed by atoms with Crippen LogP contribution < -0.4 is 4.90 Å². The van der Waals surface area contributed by atoms with Crippen molar-refractivity contribution in [1.82, 2.24) is 15.1 Å². The van der Waals surface area contributed by atoms with Crippen LogP contribution in [0, 0.1) is 0 Å². The van der Waals surface area contributed by atoms with Crippen LogP contribution in [0.3, 0.4) is 0 Å². The molecular weight excluding hydrogens is 296 g/mol. The van der Waals surface area contributed by atoms with Crippen LogP contribution in [0.25, 0.3) is 0 Å². The summed E-state index contributed by atoms with van der Waals surface area (Å²) in [5.74, 6) is 0.611. The fourth-order valence-electron chi connectivity index (χ4n) is 1.56. The number of urea groups is 1. The van der Waals surface area contributed by atoms with E-state index >= 15 is 0 Å². The van der Waals surface area contributed by atoms with Gasteiger partial charge in [-0.2, -0.15) is 0 Å². The topological polar surface area (TPSA) is 66.4 Å². The molecule has 1 aromatic heterocycles. The molecule has 1 unspecified atom stereocenters. The van der Waals surface area contributed by atoms with E-state index in [1.54, 1.807) is 21.1 Å². The molecule has 0 spiro atoms. The Kier molecular flexibility index (Phi) is 7.08. The van der Waals surface area contributed by atoms with E-state index in [1.165, 1.54) is 27.6 Å². The van der Waals surface area contributed by atoms with Crippen molar-refractivity contribution in [3.8, 4) is 0 Å². The van der Waals surface area contributed by atoms with Gasteiger partial charge < -0.3 is 4.90 Å². The number of hydrogen-bond acceptors (Lipinski definition) is 5. The maximum atomic E-state index is 12.1. The van der Waals surface area contributed by atoms with Crippen molar-refractivity contribution < 1.29 is 9.00 Å². The van der Waals surface area contributed by atoms with E-state index in [1.807, 2.05) is 0 Å². The molecule has 2 amide bonds. The first kappa shape index (κ1) is 17.0. The zero-order valence-corrected chi connectivity index (χ0v) is 14.1. The molecule has 0 fully saturated rings. The first-order valence-corrected chi connectivity index (χ1v) is 8.77. The molecule has 0 bridgehead atoms. The number of anilines is 1. The Morgan fingerprint density at radius 3 is 2.50 bits per heavy atom. The van der Waals surface area contributed by atoms with Gasteiger partial charge in [0.25, 0.3) is 0 Å². The minimum absolute atomic E-state index is 0.179. The van der Waals surface area contributed by atoms with Crippen molar-refractivity contribution in [2.45, 2.75) is 36.9 Å². The number of unbranched alkanes of at least 4 members (excludes halogenated alkanes) is 3. The van der Waals surface area contributed by atoms with Crippen LogP contribution in [-0.2, 0) is 10.8 Å². The highest BCUT2D eigenvalue weighted by atomic mass is 32.2.